The fourth-order valence-electron chi connectivity index (χ4n) is 3.07. The van der Waals surface area contributed by atoms with Crippen LogP contribution < -0.4 is 5.32 Å². The molecule has 0 spiro atoms. The van der Waals surface area contributed by atoms with Gasteiger partial charge in [0, 0.05) is 6.54 Å². The van der Waals surface area contributed by atoms with Crippen molar-refractivity contribution in [2.45, 2.75) is 32.7 Å². The number of hydrogen-bond donors (Lipinski definition) is 1. The van der Waals surface area contributed by atoms with Gasteiger partial charge in [0.25, 0.3) is 0 Å². The van der Waals surface area contributed by atoms with E-state index in [0.29, 0.717) is 5.92 Å². The van der Waals surface area contributed by atoms with Crippen LogP contribution in [-0.2, 0) is 9.59 Å². The standard InChI is InChI=1S/C14H25N3O2/c1-10(2)13-14(19)15-8-12(18)17(13)9-11-4-6-16(3)7-5-11/h10-11,13H,4-9H2,1-3H3,(H,15,19). The molecule has 5 nitrogen and oxygen atoms in total. The number of carbonyl (C=O) groups is 2. The summed E-state index contributed by atoms with van der Waals surface area (Å²) in [7, 11) is 2.13. The molecule has 19 heavy (non-hydrogen) atoms. The predicted octanol–water partition coefficient (Wildman–Crippen LogP) is 0.311. The molecule has 0 aliphatic carbocycles. The smallest absolute Gasteiger partial charge is 0.243 e. The molecule has 2 amide bonds. The third kappa shape index (κ3) is 3.26. The van der Waals surface area contributed by atoms with Crippen molar-refractivity contribution >= 4 is 11.8 Å². The van der Waals surface area contributed by atoms with Crippen LogP contribution in [0.2, 0.25) is 0 Å². The van der Waals surface area contributed by atoms with Gasteiger partial charge >= 0.3 is 0 Å². The summed E-state index contributed by atoms with van der Waals surface area (Å²) >= 11 is 0. The first kappa shape index (κ1) is 14.3. The van der Waals surface area contributed by atoms with Crippen LogP contribution in [0, 0.1) is 11.8 Å². The minimum Gasteiger partial charge on any atom is -0.345 e. The highest BCUT2D eigenvalue weighted by Crippen LogP contribution is 2.22. The summed E-state index contributed by atoms with van der Waals surface area (Å²) in [5.41, 5.74) is 0. The van der Waals surface area contributed by atoms with E-state index in [-0.39, 0.29) is 30.3 Å². The van der Waals surface area contributed by atoms with Crippen LogP contribution in [-0.4, -0.2) is 60.9 Å². The maximum atomic E-state index is 12.1. The van der Waals surface area contributed by atoms with E-state index in [4.69, 9.17) is 0 Å². The van der Waals surface area contributed by atoms with Crippen LogP contribution in [0.4, 0.5) is 0 Å². The Balaban J connectivity index is 2.02. The molecule has 5 heteroatoms. The average molecular weight is 267 g/mol. The van der Waals surface area contributed by atoms with Gasteiger partial charge in [-0.25, -0.2) is 0 Å². The number of amides is 2. The second-order valence-electron chi connectivity index (χ2n) is 6.20. The number of carbonyl (C=O) groups excluding carboxylic acids is 2. The zero-order valence-electron chi connectivity index (χ0n) is 12.2. The first-order chi connectivity index (χ1) is 8.99. The lowest BCUT2D eigenvalue weighted by atomic mass is 9.93. The molecular formula is C14H25N3O2. The van der Waals surface area contributed by atoms with Crippen molar-refractivity contribution in [2.75, 3.05) is 33.2 Å². The Morgan fingerprint density at radius 1 is 1.26 bits per heavy atom. The third-order valence-electron chi connectivity index (χ3n) is 4.26. The summed E-state index contributed by atoms with van der Waals surface area (Å²) in [6.07, 6.45) is 2.24. The van der Waals surface area contributed by atoms with Crippen LogP contribution in [0.3, 0.4) is 0 Å². The van der Waals surface area contributed by atoms with E-state index in [1.807, 2.05) is 18.7 Å². The van der Waals surface area contributed by atoms with Crippen molar-refractivity contribution in [1.29, 1.82) is 0 Å². The molecule has 0 radical (unpaired) electrons. The van der Waals surface area contributed by atoms with Crippen molar-refractivity contribution in [2.24, 2.45) is 11.8 Å². The summed E-state index contributed by atoms with van der Waals surface area (Å²) in [6, 6.07) is -0.291. The molecule has 0 bridgehead atoms. The second-order valence-corrected chi connectivity index (χ2v) is 6.20. The highest BCUT2D eigenvalue weighted by molar-refractivity contribution is 5.94. The minimum atomic E-state index is -0.291. The van der Waals surface area contributed by atoms with Crippen molar-refractivity contribution in [3.05, 3.63) is 0 Å². The zero-order chi connectivity index (χ0) is 14.0. The zero-order valence-corrected chi connectivity index (χ0v) is 12.2. The maximum Gasteiger partial charge on any atom is 0.243 e. The minimum absolute atomic E-state index is 0.00234. The molecule has 1 unspecified atom stereocenters. The number of rotatable bonds is 3. The number of piperidine rings is 1. The van der Waals surface area contributed by atoms with Crippen LogP contribution >= 0.6 is 0 Å². The molecule has 2 heterocycles. The van der Waals surface area contributed by atoms with E-state index in [1.54, 1.807) is 0 Å². The summed E-state index contributed by atoms with van der Waals surface area (Å²) in [6.45, 7) is 7.09. The number of hydrogen-bond acceptors (Lipinski definition) is 3. The molecule has 2 saturated heterocycles. The van der Waals surface area contributed by atoms with E-state index in [0.717, 1.165) is 32.5 Å². The SMILES string of the molecule is CC(C)C1C(=O)NCC(=O)N1CC1CCN(C)CC1. The quantitative estimate of drug-likeness (QED) is 0.801. The molecule has 108 valence electrons. The number of piperazine rings is 1. The molecular weight excluding hydrogens is 242 g/mol. The van der Waals surface area contributed by atoms with Crippen LogP contribution in [0.15, 0.2) is 0 Å². The van der Waals surface area contributed by atoms with Gasteiger partial charge in [-0.3, -0.25) is 9.59 Å². The van der Waals surface area contributed by atoms with E-state index >= 15 is 0 Å². The Bertz CT molecular complexity index is 349. The Kier molecular flexibility index (Phi) is 4.45. The van der Waals surface area contributed by atoms with E-state index in [9.17, 15) is 9.59 Å². The Labute approximate surface area is 115 Å². The fourth-order valence-corrected chi connectivity index (χ4v) is 3.07. The number of nitrogens with zero attached hydrogens (tertiary/aromatic N) is 2. The molecule has 0 aromatic carbocycles. The van der Waals surface area contributed by atoms with Crippen LogP contribution in [0.1, 0.15) is 26.7 Å². The van der Waals surface area contributed by atoms with E-state index in [2.05, 4.69) is 17.3 Å². The molecule has 2 fully saturated rings. The molecule has 0 aromatic rings. The summed E-state index contributed by atoms with van der Waals surface area (Å²) in [5, 5.41) is 2.70. The molecule has 2 aliphatic heterocycles. The van der Waals surface area contributed by atoms with Gasteiger partial charge in [-0.05, 0) is 44.8 Å². The summed E-state index contributed by atoms with van der Waals surface area (Å²) in [5.74, 6) is 0.766. The first-order valence-corrected chi connectivity index (χ1v) is 7.24. The second kappa shape index (κ2) is 5.90. The lowest BCUT2D eigenvalue weighted by molar-refractivity contribution is -0.148. The van der Waals surface area contributed by atoms with Crippen molar-refractivity contribution in [1.82, 2.24) is 15.1 Å². The van der Waals surface area contributed by atoms with Gasteiger partial charge in [0.2, 0.25) is 11.8 Å². The number of likely N-dealkylation sites (tertiary alicyclic amines) is 1. The van der Waals surface area contributed by atoms with Crippen molar-refractivity contribution in [3.8, 4) is 0 Å². The lowest BCUT2D eigenvalue weighted by Crippen LogP contribution is -2.61. The van der Waals surface area contributed by atoms with Gasteiger partial charge in [-0.1, -0.05) is 13.8 Å². The molecule has 0 saturated carbocycles. The Morgan fingerprint density at radius 3 is 2.47 bits per heavy atom. The largest absolute Gasteiger partial charge is 0.345 e. The Hall–Kier alpha value is -1.10. The Morgan fingerprint density at radius 2 is 1.89 bits per heavy atom. The van der Waals surface area contributed by atoms with Crippen LogP contribution in [0.25, 0.3) is 0 Å². The molecule has 2 aliphatic rings. The van der Waals surface area contributed by atoms with Gasteiger partial charge in [0.1, 0.15) is 6.04 Å². The van der Waals surface area contributed by atoms with Gasteiger partial charge in [-0.2, -0.15) is 0 Å². The van der Waals surface area contributed by atoms with Crippen molar-refractivity contribution < 1.29 is 9.59 Å². The highest BCUT2D eigenvalue weighted by atomic mass is 16.2. The summed E-state index contributed by atoms with van der Waals surface area (Å²) < 4.78 is 0. The van der Waals surface area contributed by atoms with Gasteiger partial charge < -0.3 is 15.1 Å². The van der Waals surface area contributed by atoms with Crippen LogP contribution in [0.5, 0.6) is 0 Å². The topological polar surface area (TPSA) is 52.7 Å². The van der Waals surface area contributed by atoms with E-state index < -0.39 is 0 Å². The number of nitrogens with one attached hydrogen (secondary N) is 1. The fraction of sp³-hybridized carbons (Fsp3) is 0.857. The van der Waals surface area contributed by atoms with Gasteiger partial charge in [-0.15, -0.1) is 0 Å². The lowest BCUT2D eigenvalue weighted by Gasteiger charge is -2.40. The van der Waals surface area contributed by atoms with Gasteiger partial charge in [0.05, 0.1) is 6.54 Å². The average Bonchev–Trinajstić information content (AvgIpc) is 2.36. The van der Waals surface area contributed by atoms with Crippen molar-refractivity contribution in [3.63, 3.8) is 0 Å². The molecule has 2 rings (SSSR count). The van der Waals surface area contributed by atoms with Gasteiger partial charge in [0.15, 0.2) is 0 Å². The summed E-state index contributed by atoms with van der Waals surface area (Å²) in [4.78, 5) is 28.2. The predicted molar refractivity (Wildman–Crippen MR) is 73.6 cm³/mol. The first-order valence-electron chi connectivity index (χ1n) is 7.24. The third-order valence-corrected chi connectivity index (χ3v) is 4.26. The monoisotopic (exact) mass is 267 g/mol. The normalized spacial score (nSPS) is 26.9. The molecule has 0 aromatic heterocycles. The molecule has 1 N–H and O–H groups in total. The van der Waals surface area contributed by atoms with E-state index in [1.165, 1.54) is 0 Å². The highest BCUT2D eigenvalue weighted by Gasteiger charge is 2.37. The molecule has 1 atom stereocenters. The maximum absolute atomic E-state index is 12.1.